The average molecular weight is 276 g/mol. The van der Waals surface area contributed by atoms with Crippen LogP contribution in [0.4, 0.5) is 5.69 Å². The average Bonchev–Trinajstić information content (AvgIpc) is 2.23. The highest BCUT2D eigenvalue weighted by Gasteiger charge is 2.17. The van der Waals surface area contributed by atoms with Gasteiger partial charge in [-0.3, -0.25) is 4.79 Å². The van der Waals surface area contributed by atoms with Crippen LogP contribution in [0.25, 0.3) is 0 Å². The lowest BCUT2D eigenvalue weighted by molar-refractivity contribution is -0.152. The van der Waals surface area contributed by atoms with Gasteiger partial charge in [0.15, 0.2) is 0 Å². The van der Waals surface area contributed by atoms with E-state index in [1.54, 1.807) is 19.9 Å². The number of aryl methyl sites for hydroxylation is 1. The number of ether oxygens (including phenoxy) is 1. The van der Waals surface area contributed by atoms with Crippen LogP contribution in [0.2, 0.25) is 10.0 Å². The quantitative estimate of drug-likeness (QED) is 0.667. The zero-order chi connectivity index (χ0) is 13.0. The SMILES string of the molecule is CCOC(=O)C(=O)Nc1c(C)cc(Cl)cc1Cl. The second-order valence-corrected chi connectivity index (χ2v) is 4.10. The lowest BCUT2D eigenvalue weighted by Gasteiger charge is -2.10. The lowest BCUT2D eigenvalue weighted by atomic mass is 10.2. The highest BCUT2D eigenvalue weighted by Crippen LogP contribution is 2.29. The van der Waals surface area contributed by atoms with Crippen molar-refractivity contribution in [1.29, 1.82) is 0 Å². The molecule has 4 nitrogen and oxygen atoms in total. The van der Waals surface area contributed by atoms with Crippen molar-refractivity contribution in [3.8, 4) is 0 Å². The van der Waals surface area contributed by atoms with Crippen LogP contribution in [-0.4, -0.2) is 18.5 Å². The van der Waals surface area contributed by atoms with E-state index >= 15 is 0 Å². The zero-order valence-electron chi connectivity index (χ0n) is 9.34. The van der Waals surface area contributed by atoms with Crippen LogP contribution in [0.15, 0.2) is 12.1 Å². The first-order valence-electron chi connectivity index (χ1n) is 4.89. The molecule has 0 saturated carbocycles. The normalized spacial score (nSPS) is 9.88. The molecule has 1 aromatic rings. The molecule has 0 heterocycles. The van der Waals surface area contributed by atoms with Gasteiger partial charge in [-0.05, 0) is 31.5 Å². The third kappa shape index (κ3) is 3.61. The van der Waals surface area contributed by atoms with Crippen LogP contribution in [0.5, 0.6) is 0 Å². The van der Waals surface area contributed by atoms with E-state index < -0.39 is 11.9 Å². The summed E-state index contributed by atoms with van der Waals surface area (Å²) >= 11 is 11.7. The van der Waals surface area contributed by atoms with E-state index in [0.29, 0.717) is 16.3 Å². The fourth-order valence-electron chi connectivity index (χ4n) is 1.22. The summed E-state index contributed by atoms with van der Waals surface area (Å²) in [5.74, 6) is -1.81. The molecule has 0 aliphatic heterocycles. The molecule has 0 aromatic heterocycles. The van der Waals surface area contributed by atoms with Gasteiger partial charge in [0, 0.05) is 5.02 Å². The van der Waals surface area contributed by atoms with Crippen LogP contribution in [0, 0.1) is 6.92 Å². The van der Waals surface area contributed by atoms with Crippen molar-refractivity contribution in [2.75, 3.05) is 11.9 Å². The van der Waals surface area contributed by atoms with E-state index in [-0.39, 0.29) is 11.6 Å². The molecule has 0 atom stereocenters. The number of carbonyl (C=O) groups is 2. The van der Waals surface area contributed by atoms with E-state index in [1.165, 1.54) is 6.07 Å². The molecule has 0 bridgehead atoms. The van der Waals surface area contributed by atoms with Crippen LogP contribution >= 0.6 is 23.2 Å². The Bertz CT molecular complexity index is 437. The highest BCUT2D eigenvalue weighted by atomic mass is 35.5. The molecule has 92 valence electrons. The molecule has 0 spiro atoms. The maximum atomic E-state index is 11.4. The van der Waals surface area contributed by atoms with Gasteiger partial charge < -0.3 is 10.1 Å². The number of carbonyl (C=O) groups excluding carboxylic acids is 2. The topological polar surface area (TPSA) is 55.4 Å². The fraction of sp³-hybridized carbons (Fsp3) is 0.273. The molecule has 0 aliphatic rings. The maximum absolute atomic E-state index is 11.4. The number of hydrogen-bond acceptors (Lipinski definition) is 3. The molecule has 17 heavy (non-hydrogen) atoms. The largest absolute Gasteiger partial charge is 0.459 e. The molecular formula is C11H11Cl2NO3. The number of anilines is 1. The number of halogens is 2. The molecule has 1 rings (SSSR count). The summed E-state index contributed by atoms with van der Waals surface area (Å²) in [7, 11) is 0. The van der Waals surface area contributed by atoms with E-state index in [9.17, 15) is 9.59 Å². The minimum Gasteiger partial charge on any atom is -0.459 e. The second kappa shape index (κ2) is 5.89. The summed E-state index contributed by atoms with van der Waals surface area (Å²) in [6, 6.07) is 3.12. The summed E-state index contributed by atoms with van der Waals surface area (Å²) in [5, 5.41) is 3.12. The Labute approximate surface area is 109 Å². The lowest BCUT2D eigenvalue weighted by Crippen LogP contribution is -2.25. The van der Waals surface area contributed by atoms with Crippen molar-refractivity contribution in [3.63, 3.8) is 0 Å². The predicted octanol–water partition coefficient (Wildman–Crippen LogP) is 2.80. The van der Waals surface area contributed by atoms with Crippen molar-refractivity contribution < 1.29 is 14.3 Å². The van der Waals surface area contributed by atoms with Crippen molar-refractivity contribution in [1.82, 2.24) is 0 Å². The van der Waals surface area contributed by atoms with Crippen LogP contribution in [0.1, 0.15) is 12.5 Å². The van der Waals surface area contributed by atoms with Gasteiger partial charge in [0.25, 0.3) is 0 Å². The Hall–Kier alpha value is -1.26. The summed E-state index contributed by atoms with van der Waals surface area (Å²) in [6.07, 6.45) is 0. The van der Waals surface area contributed by atoms with Crippen LogP contribution in [0.3, 0.4) is 0 Å². The predicted molar refractivity (Wildman–Crippen MR) is 66.5 cm³/mol. The Morgan fingerprint density at radius 2 is 2.00 bits per heavy atom. The Morgan fingerprint density at radius 3 is 2.53 bits per heavy atom. The smallest absolute Gasteiger partial charge is 0.397 e. The Balaban J connectivity index is 2.89. The number of hydrogen-bond donors (Lipinski definition) is 1. The maximum Gasteiger partial charge on any atom is 0.397 e. The number of esters is 1. The van der Waals surface area contributed by atoms with Crippen LogP contribution in [-0.2, 0) is 14.3 Å². The molecule has 1 aromatic carbocycles. The van der Waals surface area contributed by atoms with Crippen molar-refractivity contribution in [3.05, 3.63) is 27.7 Å². The highest BCUT2D eigenvalue weighted by molar-refractivity contribution is 6.40. The summed E-state index contributed by atoms with van der Waals surface area (Å²) in [4.78, 5) is 22.5. The van der Waals surface area contributed by atoms with E-state index in [2.05, 4.69) is 10.1 Å². The van der Waals surface area contributed by atoms with Crippen molar-refractivity contribution in [2.24, 2.45) is 0 Å². The summed E-state index contributed by atoms with van der Waals surface area (Å²) in [5.41, 5.74) is 1.02. The third-order valence-electron chi connectivity index (χ3n) is 1.95. The van der Waals surface area contributed by atoms with Gasteiger partial charge in [0.05, 0.1) is 17.3 Å². The van der Waals surface area contributed by atoms with Crippen molar-refractivity contribution >= 4 is 40.8 Å². The van der Waals surface area contributed by atoms with Gasteiger partial charge in [0.1, 0.15) is 0 Å². The summed E-state index contributed by atoms with van der Waals surface area (Å²) < 4.78 is 4.56. The van der Waals surface area contributed by atoms with Gasteiger partial charge in [-0.15, -0.1) is 0 Å². The number of benzene rings is 1. The molecule has 1 N–H and O–H groups in total. The molecule has 0 saturated heterocycles. The first-order chi connectivity index (χ1) is 7.95. The molecular weight excluding hydrogens is 265 g/mol. The molecule has 0 radical (unpaired) electrons. The van der Waals surface area contributed by atoms with E-state index in [4.69, 9.17) is 23.2 Å². The van der Waals surface area contributed by atoms with Crippen LogP contribution < -0.4 is 5.32 Å². The minimum absolute atomic E-state index is 0.138. The number of amides is 1. The second-order valence-electron chi connectivity index (χ2n) is 3.25. The van der Waals surface area contributed by atoms with Gasteiger partial charge in [-0.2, -0.15) is 0 Å². The molecule has 6 heteroatoms. The molecule has 0 fully saturated rings. The first-order valence-corrected chi connectivity index (χ1v) is 5.65. The fourth-order valence-corrected chi connectivity index (χ4v) is 1.86. The zero-order valence-corrected chi connectivity index (χ0v) is 10.9. The monoisotopic (exact) mass is 275 g/mol. The third-order valence-corrected chi connectivity index (χ3v) is 2.47. The number of rotatable bonds is 2. The van der Waals surface area contributed by atoms with Gasteiger partial charge in [-0.1, -0.05) is 23.2 Å². The molecule has 1 amide bonds. The minimum atomic E-state index is -0.946. The summed E-state index contributed by atoms with van der Waals surface area (Å²) in [6.45, 7) is 3.48. The van der Waals surface area contributed by atoms with Crippen molar-refractivity contribution in [2.45, 2.75) is 13.8 Å². The first kappa shape index (κ1) is 13.8. The van der Waals surface area contributed by atoms with E-state index in [0.717, 1.165) is 0 Å². The van der Waals surface area contributed by atoms with Gasteiger partial charge >= 0.3 is 11.9 Å². The standard InChI is InChI=1S/C11H11Cl2NO3/c1-3-17-11(16)10(15)14-9-6(2)4-7(12)5-8(9)13/h4-5H,3H2,1-2H3,(H,14,15). The number of nitrogens with one attached hydrogen (secondary N) is 1. The Morgan fingerprint density at radius 1 is 1.35 bits per heavy atom. The van der Waals surface area contributed by atoms with Gasteiger partial charge in [0.2, 0.25) is 0 Å². The molecule has 0 unspecified atom stereocenters. The van der Waals surface area contributed by atoms with Gasteiger partial charge in [-0.25, -0.2) is 4.79 Å². The van der Waals surface area contributed by atoms with E-state index in [1.807, 2.05) is 0 Å². The molecule has 0 aliphatic carbocycles. The Kier molecular flexibility index (Phi) is 4.78.